The molecule has 2 aromatic rings. The van der Waals surface area contributed by atoms with Gasteiger partial charge in [0.15, 0.2) is 5.82 Å². The normalized spacial score (nSPS) is 17.8. The maximum Gasteiger partial charge on any atom is 0.314 e. The molecule has 2 N–H and O–H groups in total. The highest BCUT2D eigenvalue weighted by atomic mass is 16.5. The molecule has 0 radical (unpaired) electrons. The van der Waals surface area contributed by atoms with Crippen LogP contribution in [0, 0.1) is 0 Å². The average molecular weight is 344 g/mol. The van der Waals surface area contributed by atoms with Crippen molar-refractivity contribution in [3.8, 4) is 0 Å². The van der Waals surface area contributed by atoms with Gasteiger partial charge in [0.05, 0.1) is 12.7 Å². The molecule has 1 aromatic carbocycles. The second-order valence-electron chi connectivity index (χ2n) is 5.67. The number of hydrogen-bond donors (Lipinski definition) is 2. The van der Waals surface area contributed by atoms with E-state index in [0.717, 1.165) is 18.7 Å². The molecule has 1 aliphatic rings. The Morgan fingerprint density at radius 2 is 2.04 bits per heavy atom. The summed E-state index contributed by atoms with van der Waals surface area (Å²) in [6, 6.07) is 11.5. The predicted molar refractivity (Wildman–Crippen MR) is 89.7 cm³/mol. The van der Waals surface area contributed by atoms with Crippen molar-refractivity contribution in [3.63, 3.8) is 0 Å². The lowest BCUT2D eigenvalue weighted by atomic mass is 10.1. The van der Waals surface area contributed by atoms with Crippen LogP contribution in [-0.2, 0) is 14.3 Å². The minimum atomic E-state index is -0.766. The summed E-state index contributed by atoms with van der Waals surface area (Å²) in [5.74, 6) is -1.26. The Labute approximate surface area is 145 Å². The van der Waals surface area contributed by atoms with Gasteiger partial charge in [0.1, 0.15) is 6.26 Å². The van der Waals surface area contributed by atoms with Gasteiger partial charge in [-0.15, -0.1) is 0 Å². The van der Waals surface area contributed by atoms with E-state index < -0.39 is 11.8 Å². The number of ether oxygens (including phenoxy) is 1. The van der Waals surface area contributed by atoms with Gasteiger partial charge in [-0.1, -0.05) is 35.5 Å². The Morgan fingerprint density at radius 3 is 2.80 bits per heavy atom. The second-order valence-corrected chi connectivity index (χ2v) is 5.67. The fourth-order valence-electron chi connectivity index (χ4n) is 2.63. The van der Waals surface area contributed by atoms with Crippen molar-refractivity contribution in [2.45, 2.75) is 6.10 Å². The van der Waals surface area contributed by atoms with Crippen LogP contribution in [-0.4, -0.2) is 54.7 Å². The zero-order valence-corrected chi connectivity index (χ0v) is 13.7. The minimum Gasteiger partial charge on any atom is -0.371 e. The predicted octanol–water partition coefficient (Wildman–Crippen LogP) is 0.803. The van der Waals surface area contributed by atoms with E-state index in [4.69, 9.17) is 4.74 Å². The number of anilines is 1. The smallest absolute Gasteiger partial charge is 0.314 e. The van der Waals surface area contributed by atoms with Crippen LogP contribution in [0.2, 0.25) is 0 Å². The standard InChI is InChI=1S/C17H20N4O4/c22-16(17(23)19-15-6-10-25-20-15)18-7-8-21-9-11-24-14(12-21)13-4-2-1-3-5-13/h1-6,10,14H,7-9,11-12H2,(H,18,22)(H,19,20,23)/t14-/m0/s1. The summed E-state index contributed by atoms with van der Waals surface area (Å²) in [4.78, 5) is 25.7. The molecule has 1 saturated heterocycles. The molecule has 8 nitrogen and oxygen atoms in total. The van der Waals surface area contributed by atoms with E-state index in [1.807, 2.05) is 30.3 Å². The van der Waals surface area contributed by atoms with Crippen molar-refractivity contribution in [1.29, 1.82) is 0 Å². The molecule has 3 rings (SSSR count). The number of hydrogen-bond acceptors (Lipinski definition) is 6. The lowest BCUT2D eigenvalue weighted by Crippen LogP contribution is -2.44. The molecule has 0 unspecified atom stereocenters. The number of carbonyl (C=O) groups is 2. The van der Waals surface area contributed by atoms with Crippen LogP contribution < -0.4 is 10.6 Å². The first-order chi connectivity index (χ1) is 12.2. The van der Waals surface area contributed by atoms with E-state index >= 15 is 0 Å². The lowest BCUT2D eigenvalue weighted by Gasteiger charge is -2.33. The summed E-state index contributed by atoms with van der Waals surface area (Å²) in [6.45, 7) is 3.22. The van der Waals surface area contributed by atoms with Crippen molar-refractivity contribution >= 4 is 17.6 Å². The summed E-state index contributed by atoms with van der Waals surface area (Å²) in [5, 5.41) is 8.47. The number of carbonyl (C=O) groups excluding carboxylic acids is 2. The number of amides is 2. The van der Waals surface area contributed by atoms with Crippen molar-refractivity contribution in [3.05, 3.63) is 48.2 Å². The van der Waals surface area contributed by atoms with Crippen LogP contribution in [0.25, 0.3) is 0 Å². The second kappa shape index (κ2) is 8.41. The molecule has 0 bridgehead atoms. The van der Waals surface area contributed by atoms with Crippen LogP contribution in [0.1, 0.15) is 11.7 Å². The van der Waals surface area contributed by atoms with Crippen molar-refractivity contribution in [1.82, 2.24) is 15.4 Å². The quantitative estimate of drug-likeness (QED) is 0.779. The Morgan fingerprint density at radius 1 is 1.20 bits per heavy atom. The number of rotatable bonds is 5. The lowest BCUT2D eigenvalue weighted by molar-refractivity contribution is -0.136. The van der Waals surface area contributed by atoms with Gasteiger partial charge in [-0.25, -0.2) is 0 Å². The van der Waals surface area contributed by atoms with E-state index in [1.54, 1.807) is 0 Å². The van der Waals surface area contributed by atoms with Crippen LogP contribution >= 0.6 is 0 Å². The Bertz CT molecular complexity index is 690. The zero-order chi connectivity index (χ0) is 17.5. The zero-order valence-electron chi connectivity index (χ0n) is 13.7. The molecule has 25 heavy (non-hydrogen) atoms. The molecule has 0 spiro atoms. The summed E-state index contributed by atoms with van der Waals surface area (Å²) in [7, 11) is 0. The summed E-state index contributed by atoms with van der Waals surface area (Å²) in [6.07, 6.45) is 1.34. The topological polar surface area (TPSA) is 96.7 Å². The van der Waals surface area contributed by atoms with Gasteiger partial charge in [-0.05, 0) is 5.56 Å². The first-order valence-corrected chi connectivity index (χ1v) is 8.11. The van der Waals surface area contributed by atoms with Crippen LogP contribution in [0.5, 0.6) is 0 Å². The molecule has 0 aliphatic carbocycles. The maximum atomic E-state index is 11.8. The van der Waals surface area contributed by atoms with E-state index in [9.17, 15) is 9.59 Å². The highest BCUT2D eigenvalue weighted by molar-refractivity contribution is 6.39. The number of benzene rings is 1. The van der Waals surface area contributed by atoms with E-state index in [-0.39, 0.29) is 11.9 Å². The van der Waals surface area contributed by atoms with Gasteiger partial charge >= 0.3 is 11.8 Å². The van der Waals surface area contributed by atoms with Crippen LogP contribution in [0.15, 0.2) is 47.2 Å². The molecule has 132 valence electrons. The number of morpholine rings is 1. The molecule has 0 saturated carbocycles. The Hall–Kier alpha value is -2.71. The van der Waals surface area contributed by atoms with E-state index in [2.05, 4.69) is 25.2 Å². The van der Waals surface area contributed by atoms with Crippen molar-refractivity contribution < 1.29 is 18.8 Å². The van der Waals surface area contributed by atoms with Gasteiger partial charge in [0.2, 0.25) is 0 Å². The third-order valence-electron chi connectivity index (χ3n) is 3.92. The molecule has 8 heteroatoms. The monoisotopic (exact) mass is 344 g/mol. The summed E-state index contributed by atoms with van der Waals surface area (Å²) in [5.41, 5.74) is 1.14. The van der Waals surface area contributed by atoms with Gasteiger partial charge in [-0.3, -0.25) is 19.8 Å². The van der Waals surface area contributed by atoms with Crippen LogP contribution in [0.4, 0.5) is 5.82 Å². The molecule has 1 atom stereocenters. The molecule has 1 aromatic heterocycles. The van der Waals surface area contributed by atoms with E-state index in [0.29, 0.717) is 19.7 Å². The van der Waals surface area contributed by atoms with Crippen LogP contribution in [0.3, 0.4) is 0 Å². The van der Waals surface area contributed by atoms with Gasteiger partial charge in [0, 0.05) is 32.2 Å². The average Bonchev–Trinajstić information content (AvgIpc) is 3.15. The SMILES string of the molecule is O=C(NCCN1CCO[C@H](c2ccccc2)C1)C(=O)Nc1ccon1. The summed E-state index contributed by atoms with van der Waals surface area (Å²) >= 11 is 0. The highest BCUT2D eigenvalue weighted by Gasteiger charge is 2.22. The first kappa shape index (κ1) is 17.1. The summed E-state index contributed by atoms with van der Waals surface area (Å²) < 4.78 is 10.4. The number of nitrogens with zero attached hydrogens (tertiary/aromatic N) is 2. The fraction of sp³-hybridized carbons (Fsp3) is 0.353. The first-order valence-electron chi connectivity index (χ1n) is 8.11. The molecule has 1 aliphatic heterocycles. The highest BCUT2D eigenvalue weighted by Crippen LogP contribution is 2.21. The van der Waals surface area contributed by atoms with Gasteiger partial charge in [0.25, 0.3) is 0 Å². The minimum absolute atomic E-state index is 0.0288. The number of nitrogens with one attached hydrogen (secondary N) is 2. The Balaban J connectivity index is 1.41. The third-order valence-corrected chi connectivity index (χ3v) is 3.92. The van der Waals surface area contributed by atoms with E-state index in [1.165, 1.54) is 12.3 Å². The van der Waals surface area contributed by atoms with Gasteiger partial charge in [-0.2, -0.15) is 0 Å². The maximum absolute atomic E-state index is 11.8. The largest absolute Gasteiger partial charge is 0.371 e. The molecular weight excluding hydrogens is 324 g/mol. The number of aromatic nitrogens is 1. The molecule has 2 heterocycles. The molecular formula is C17H20N4O4. The van der Waals surface area contributed by atoms with Gasteiger partial charge < -0.3 is 14.6 Å². The van der Waals surface area contributed by atoms with Crippen molar-refractivity contribution in [2.75, 3.05) is 38.1 Å². The fourth-order valence-corrected chi connectivity index (χ4v) is 2.63. The molecule has 2 amide bonds. The molecule has 1 fully saturated rings. The Kier molecular flexibility index (Phi) is 5.76. The van der Waals surface area contributed by atoms with Crippen molar-refractivity contribution in [2.24, 2.45) is 0 Å². The third kappa shape index (κ3) is 4.88.